The van der Waals surface area contributed by atoms with Crippen LogP contribution in [-0.4, -0.2) is 39.3 Å². The predicted octanol–water partition coefficient (Wildman–Crippen LogP) is 2.65. The lowest BCUT2D eigenvalue weighted by atomic mass is 9.99. The Bertz CT molecular complexity index is 952. The maximum Gasteiger partial charge on any atom is 0.274 e. The second-order valence-corrected chi connectivity index (χ2v) is 6.73. The summed E-state index contributed by atoms with van der Waals surface area (Å²) in [5.74, 6) is -1.10. The first kappa shape index (κ1) is 16.7. The number of rotatable bonds is 4. The van der Waals surface area contributed by atoms with Gasteiger partial charge in [0.1, 0.15) is 5.65 Å². The van der Waals surface area contributed by atoms with Gasteiger partial charge in [-0.2, -0.15) is 4.39 Å². The summed E-state index contributed by atoms with van der Waals surface area (Å²) in [5, 5.41) is 2.83. The fourth-order valence-corrected chi connectivity index (χ4v) is 3.46. The molecule has 2 aromatic heterocycles. The van der Waals surface area contributed by atoms with Crippen LogP contribution in [0.1, 0.15) is 28.5 Å². The van der Waals surface area contributed by atoms with Crippen LogP contribution in [0.4, 0.5) is 4.39 Å². The lowest BCUT2D eigenvalue weighted by molar-refractivity contribution is 0.0923. The minimum Gasteiger partial charge on any atom is -0.349 e. The molecule has 0 saturated heterocycles. The Labute approximate surface area is 151 Å². The number of carbonyl (C=O) groups is 1. The van der Waals surface area contributed by atoms with Crippen LogP contribution < -0.4 is 5.32 Å². The first-order valence-electron chi connectivity index (χ1n) is 8.85. The average molecular weight is 352 g/mol. The first-order chi connectivity index (χ1) is 12.6. The molecule has 26 heavy (non-hydrogen) atoms. The quantitative estimate of drug-likeness (QED) is 0.785. The number of amides is 1. The number of nitrogens with one attached hydrogen (secondary N) is 1. The van der Waals surface area contributed by atoms with Crippen molar-refractivity contribution in [3.63, 3.8) is 0 Å². The highest BCUT2D eigenvalue weighted by Crippen LogP contribution is 2.20. The van der Waals surface area contributed by atoms with Crippen LogP contribution in [0.2, 0.25) is 0 Å². The molecule has 3 heterocycles. The second kappa shape index (κ2) is 6.88. The van der Waals surface area contributed by atoms with Gasteiger partial charge in [0.25, 0.3) is 5.91 Å². The normalized spacial score (nSPS) is 15.6. The Morgan fingerprint density at radius 3 is 2.81 bits per heavy atom. The van der Waals surface area contributed by atoms with E-state index in [9.17, 15) is 9.18 Å². The molecule has 1 atom stereocenters. The Balaban J connectivity index is 1.40. The van der Waals surface area contributed by atoms with Crippen LogP contribution in [-0.2, 0) is 13.0 Å². The summed E-state index contributed by atoms with van der Waals surface area (Å²) in [6.45, 7) is 4.36. The lowest BCUT2D eigenvalue weighted by Gasteiger charge is -2.33. The number of pyridine rings is 1. The minimum atomic E-state index is -0.627. The number of nitrogens with zero attached hydrogens (tertiary/aromatic N) is 3. The van der Waals surface area contributed by atoms with Crippen molar-refractivity contribution in [2.45, 2.75) is 25.9 Å². The summed E-state index contributed by atoms with van der Waals surface area (Å²) < 4.78 is 15.6. The molecule has 134 valence electrons. The standard InChI is InChI=1S/C20H21FN4O/c1-14(24-11-9-15-6-2-3-7-16(15)13-24)12-22-20(26)18-19(21)25-10-5-4-8-17(25)23-18/h2-8,10,14H,9,11-13H2,1H3,(H,22,26). The van der Waals surface area contributed by atoms with E-state index in [1.807, 2.05) is 0 Å². The van der Waals surface area contributed by atoms with Crippen LogP contribution >= 0.6 is 0 Å². The highest BCUT2D eigenvalue weighted by Gasteiger charge is 2.23. The Morgan fingerprint density at radius 1 is 1.23 bits per heavy atom. The van der Waals surface area contributed by atoms with Crippen molar-refractivity contribution in [3.8, 4) is 0 Å². The maximum atomic E-state index is 14.4. The predicted molar refractivity (Wildman–Crippen MR) is 97.5 cm³/mol. The fraction of sp³-hybridized carbons (Fsp3) is 0.300. The number of hydrogen-bond donors (Lipinski definition) is 1. The number of fused-ring (bicyclic) bond motifs is 2. The van der Waals surface area contributed by atoms with E-state index in [0.29, 0.717) is 12.2 Å². The zero-order valence-corrected chi connectivity index (χ0v) is 14.7. The summed E-state index contributed by atoms with van der Waals surface area (Å²) >= 11 is 0. The highest BCUT2D eigenvalue weighted by molar-refractivity contribution is 5.93. The summed E-state index contributed by atoms with van der Waals surface area (Å²) in [7, 11) is 0. The summed E-state index contributed by atoms with van der Waals surface area (Å²) in [6.07, 6.45) is 2.57. The van der Waals surface area contributed by atoms with E-state index < -0.39 is 11.9 Å². The van der Waals surface area contributed by atoms with E-state index in [0.717, 1.165) is 19.5 Å². The Kier molecular flexibility index (Phi) is 4.42. The number of hydrogen-bond acceptors (Lipinski definition) is 3. The van der Waals surface area contributed by atoms with Crippen LogP contribution in [0.3, 0.4) is 0 Å². The second-order valence-electron chi connectivity index (χ2n) is 6.73. The van der Waals surface area contributed by atoms with Gasteiger partial charge in [0.15, 0.2) is 5.69 Å². The van der Waals surface area contributed by atoms with Crippen molar-refractivity contribution in [2.24, 2.45) is 0 Å². The zero-order valence-electron chi connectivity index (χ0n) is 14.7. The molecule has 1 aliphatic heterocycles. The lowest BCUT2D eigenvalue weighted by Crippen LogP contribution is -2.44. The van der Waals surface area contributed by atoms with Crippen molar-refractivity contribution >= 4 is 11.6 Å². The minimum absolute atomic E-state index is 0.160. The van der Waals surface area contributed by atoms with E-state index in [1.165, 1.54) is 15.5 Å². The van der Waals surface area contributed by atoms with Gasteiger partial charge in [-0.05, 0) is 36.6 Å². The van der Waals surface area contributed by atoms with E-state index in [1.54, 1.807) is 24.4 Å². The third-order valence-electron chi connectivity index (χ3n) is 5.03. The topological polar surface area (TPSA) is 49.6 Å². The van der Waals surface area contributed by atoms with Crippen molar-refractivity contribution in [2.75, 3.05) is 13.1 Å². The number of benzene rings is 1. The molecule has 1 unspecified atom stereocenters. The fourth-order valence-electron chi connectivity index (χ4n) is 3.46. The highest BCUT2D eigenvalue weighted by atomic mass is 19.1. The van der Waals surface area contributed by atoms with Crippen molar-refractivity contribution in [3.05, 3.63) is 71.4 Å². The molecule has 1 aromatic carbocycles. The first-order valence-corrected chi connectivity index (χ1v) is 8.85. The Morgan fingerprint density at radius 2 is 2.00 bits per heavy atom. The molecule has 1 aliphatic rings. The van der Waals surface area contributed by atoms with Crippen LogP contribution in [0.25, 0.3) is 5.65 Å². The van der Waals surface area contributed by atoms with Gasteiger partial charge in [-0.3, -0.25) is 14.1 Å². The molecule has 6 heteroatoms. The van der Waals surface area contributed by atoms with Gasteiger partial charge in [-0.15, -0.1) is 0 Å². The number of imidazole rings is 1. The molecule has 0 spiro atoms. The van der Waals surface area contributed by atoms with Crippen LogP contribution in [0.5, 0.6) is 0 Å². The summed E-state index contributed by atoms with van der Waals surface area (Å²) in [6, 6.07) is 13.8. The third-order valence-corrected chi connectivity index (χ3v) is 5.03. The van der Waals surface area contributed by atoms with E-state index in [-0.39, 0.29) is 11.7 Å². The molecular weight excluding hydrogens is 331 g/mol. The molecule has 1 N–H and O–H groups in total. The van der Waals surface area contributed by atoms with Gasteiger partial charge in [0.2, 0.25) is 5.95 Å². The number of halogens is 1. The monoisotopic (exact) mass is 352 g/mol. The average Bonchev–Trinajstić information content (AvgIpc) is 3.02. The van der Waals surface area contributed by atoms with Gasteiger partial charge in [-0.25, -0.2) is 4.98 Å². The SMILES string of the molecule is CC(CNC(=O)c1nc2ccccn2c1F)N1CCc2ccccc2C1. The molecule has 0 aliphatic carbocycles. The van der Waals surface area contributed by atoms with Gasteiger partial charge in [0.05, 0.1) is 0 Å². The molecular formula is C20H21FN4O. The molecule has 4 rings (SSSR count). The summed E-state index contributed by atoms with van der Waals surface area (Å²) in [5.41, 5.74) is 3.00. The molecule has 5 nitrogen and oxygen atoms in total. The molecule has 0 radical (unpaired) electrons. The molecule has 3 aromatic rings. The molecule has 0 bridgehead atoms. The summed E-state index contributed by atoms with van der Waals surface area (Å²) in [4.78, 5) is 18.8. The number of carbonyl (C=O) groups excluding carboxylic acids is 1. The third kappa shape index (κ3) is 3.08. The van der Waals surface area contributed by atoms with E-state index in [4.69, 9.17) is 0 Å². The van der Waals surface area contributed by atoms with Crippen molar-refractivity contribution in [1.29, 1.82) is 0 Å². The molecule has 1 amide bonds. The largest absolute Gasteiger partial charge is 0.349 e. The van der Waals surface area contributed by atoms with Crippen LogP contribution in [0.15, 0.2) is 48.7 Å². The van der Waals surface area contributed by atoms with E-state index in [2.05, 4.69) is 46.4 Å². The number of aromatic nitrogens is 2. The Hall–Kier alpha value is -2.73. The van der Waals surface area contributed by atoms with Gasteiger partial charge < -0.3 is 5.32 Å². The molecule has 0 fully saturated rings. The van der Waals surface area contributed by atoms with Gasteiger partial charge >= 0.3 is 0 Å². The van der Waals surface area contributed by atoms with Crippen LogP contribution in [0, 0.1) is 5.95 Å². The van der Waals surface area contributed by atoms with Crippen molar-refractivity contribution in [1.82, 2.24) is 19.6 Å². The van der Waals surface area contributed by atoms with Gasteiger partial charge in [-0.1, -0.05) is 30.3 Å². The zero-order chi connectivity index (χ0) is 18.1. The van der Waals surface area contributed by atoms with E-state index >= 15 is 0 Å². The molecule has 0 saturated carbocycles. The van der Waals surface area contributed by atoms with Crippen molar-refractivity contribution < 1.29 is 9.18 Å². The smallest absolute Gasteiger partial charge is 0.274 e. The van der Waals surface area contributed by atoms with Gasteiger partial charge in [0, 0.05) is 31.9 Å². The maximum absolute atomic E-state index is 14.4.